The Kier molecular flexibility index (Phi) is 6.88. The van der Waals surface area contributed by atoms with Crippen LogP contribution in [0.5, 0.6) is 0 Å². The molecule has 144 valence electrons. The lowest BCUT2D eigenvalue weighted by Crippen LogP contribution is -2.42. The lowest BCUT2D eigenvalue weighted by atomic mass is 9.87. The van der Waals surface area contributed by atoms with E-state index in [-0.39, 0.29) is 6.61 Å². The van der Waals surface area contributed by atoms with Crippen LogP contribution < -0.4 is 5.32 Å². The molecule has 2 unspecified atom stereocenters. The zero-order valence-electron chi connectivity index (χ0n) is 15.7. The fraction of sp³-hybridized carbons (Fsp3) is 0.650. The molecular formula is C20H31N3O3. The van der Waals surface area contributed by atoms with Gasteiger partial charge in [-0.15, -0.1) is 0 Å². The van der Waals surface area contributed by atoms with Crippen LogP contribution in [0.1, 0.15) is 25.3 Å². The summed E-state index contributed by atoms with van der Waals surface area (Å²) in [5.41, 5.74) is 1.41. The normalized spacial score (nSPS) is 24.4. The highest BCUT2D eigenvalue weighted by atomic mass is 16.5. The predicted octanol–water partition coefficient (Wildman–Crippen LogP) is 1.64. The van der Waals surface area contributed by atoms with Crippen molar-refractivity contribution in [2.24, 2.45) is 10.4 Å². The summed E-state index contributed by atoms with van der Waals surface area (Å²) in [5.74, 6) is 0.887. The molecule has 0 amide bonds. The van der Waals surface area contributed by atoms with Crippen molar-refractivity contribution in [3.05, 3.63) is 35.9 Å². The number of aliphatic hydroxyl groups is 1. The smallest absolute Gasteiger partial charge is 0.194 e. The van der Waals surface area contributed by atoms with E-state index in [0.717, 1.165) is 57.2 Å². The SMILES string of the molecule is CCNC(=NCC(O)COCc1ccccc1)N1CCC2(CCOC2)C1. The fourth-order valence-corrected chi connectivity index (χ4v) is 3.64. The Morgan fingerprint density at radius 2 is 2.23 bits per heavy atom. The zero-order chi connectivity index (χ0) is 18.2. The van der Waals surface area contributed by atoms with Crippen LogP contribution in [0.25, 0.3) is 0 Å². The van der Waals surface area contributed by atoms with E-state index in [9.17, 15) is 5.11 Å². The third-order valence-electron chi connectivity index (χ3n) is 5.13. The van der Waals surface area contributed by atoms with Gasteiger partial charge in [0.25, 0.3) is 0 Å². The van der Waals surface area contributed by atoms with E-state index in [2.05, 4.69) is 22.1 Å². The highest BCUT2D eigenvalue weighted by molar-refractivity contribution is 5.80. The standard InChI is InChI=1S/C20H31N3O3/c1-2-21-19(23-10-8-20(15-23)9-11-25-16-20)22-12-18(24)14-26-13-17-6-4-3-5-7-17/h3-7,18,24H,2,8-16H2,1H3,(H,21,22). The average Bonchev–Trinajstić information content (AvgIpc) is 3.30. The molecule has 2 aliphatic rings. The topological polar surface area (TPSA) is 66.3 Å². The van der Waals surface area contributed by atoms with Crippen LogP contribution in [0.2, 0.25) is 0 Å². The monoisotopic (exact) mass is 361 g/mol. The van der Waals surface area contributed by atoms with Crippen LogP contribution in [0.4, 0.5) is 0 Å². The maximum Gasteiger partial charge on any atom is 0.194 e. The van der Waals surface area contributed by atoms with Crippen LogP contribution in [0.15, 0.2) is 35.3 Å². The van der Waals surface area contributed by atoms with Gasteiger partial charge in [-0.3, -0.25) is 4.99 Å². The van der Waals surface area contributed by atoms with Crippen LogP contribution in [0.3, 0.4) is 0 Å². The molecular weight excluding hydrogens is 330 g/mol. The highest BCUT2D eigenvalue weighted by Gasteiger charge is 2.42. The predicted molar refractivity (Wildman–Crippen MR) is 102 cm³/mol. The van der Waals surface area contributed by atoms with Crippen LogP contribution >= 0.6 is 0 Å². The number of aliphatic imine (C=N–C) groups is 1. The van der Waals surface area contributed by atoms with Crippen molar-refractivity contribution in [3.8, 4) is 0 Å². The molecule has 0 saturated carbocycles. The Hall–Kier alpha value is -1.63. The molecule has 2 heterocycles. The van der Waals surface area contributed by atoms with Gasteiger partial charge < -0.3 is 24.8 Å². The first-order chi connectivity index (χ1) is 12.7. The van der Waals surface area contributed by atoms with Crippen LogP contribution in [-0.4, -0.2) is 68.1 Å². The molecule has 6 heteroatoms. The number of ether oxygens (including phenoxy) is 2. The number of benzene rings is 1. The van der Waals surface area contributed by atoms with Gasteiger partial charge in [-0.05, 0) is 25.3 Å². The Labute approximate surface area is 156 Å². The third-order valence-corrected chi connectivity index (χ3v) is 5.13. The van der Waals surface area contributed by atoms with Crippen LogP contribution in [0, 0.1) is 5.41 Å². The molecule has 2 N–H and O–H groups in total. The molecule has 0 bridgehead atoms. The zero-order valence-corrected chi connectivity index (χ0v) is 15.7. The number of hydrogen-bond donors (Lipinski definition) is 2. The lowest BCUT2D eigenvalue weighted by Gasteiger charge is -2.25. The van der Waals surface area contributed by atoms with Gasteiger partial charge in [-0.2, -0.15) is 0 Å². The fourth-order valence-electron chi connectivity index (χ4n) is 3.64. The molecule has 2 fully saturated rings. The summed E-state index contributed by atoms with van der Waals surface area (Å²) in [4.78, 5) is 6.94. The minimum atomic E-state index is -0.598. The van der Waals surface area contributed by atoms with Crippen molar-refractivity contribution >= 4 is 5.96 Å². The maximum absolute atomic E-state index is 10.2. The summed E-state index contributed by atoms with van der Waals surface area (Å²) in [6.07, 6.45) is 1.69. The number of nitrogens with one attached hydrogen (secondary N) is 1. The van der Waals surface area contributed by atoms with Gasteiger partial charge in [-0.1, -0.05) is 30.3 Å². The number of rotatable bonds is 7. The largest absolute Gasteiger partial charge is 0.389 e. The van der Waals surface area contributed by atoms with E-state index < -0.39 is 6.10 Å². The summed E-state index contributed by atoms with van der Waals surface area (Å²) in [6.45, 7) is 7.75. The van der Waals surface area contributed by atoms with E-state index >= 15 is 0 Å². The van der Waals surface area contributed by atoms with Gasteiger partial charge in [0.2, 0.25) is 0 Å². The summed E-state index contributed by atoms with van der Waals surface area (Å²) in [6, 6.07) is 9.99. The maximum atomic E-state index is 10.2. The number of aliphatic hydroxyl groups excluding tert-OH is 1. The van der Waals surface area contributed by atoms with Crippen molar-refractivity contribution in [2.75, 3.05) is 46.0 Å². The molecule has 2 atom stereocenters. The Bertz CT molecular complexity index is 573. The molecule has 0 radical (unpaired) electrons. The van der Waals surface area contributed by atoms with E-state index in [1.54, 1.807) is 0 Å². The van der Waals surface area contributed by atoms with Crippen LogP contribution in [-0.2, 0) is 16.1 Å². The average molecular weight is 361 g/mol. The van der Waals surface area contributed by atoms with Crippen molar-refractivity contribution < 1.29 is 14.6 Å². The highest BCUT2D eigenvalue weighted by Crippen LogP contribution is 2.38. The number of guanidine groups is 1. The molecule has 0 aliphatic carbocycles. The van der Waals surface area contributed by atoms with Gasteiger partial charge >= 0.3 is 0 Å². The number of likely N-dealkylation sites (tertiary alicyclic amines) is 1. The minimum Gasteiger partial charge on any atom is -0.389 e. The van der Waals surface area contributed by atoms with Crippen molar-refractivity contribution in [1.29, 1.82) is 0 Å². The molecule has 1 spiro atoms. The molecule has 2 saturated heterocycles. The van der Waals surface area contributed by atoms with Gasteiger partial charge in [-0.25, -0.2) is 0 Å². The van der Waals surface area contributed by atoms with E-state index in [0.29, 0.717) is 18.6 Å². The summed E-state index contributed by atoms with van der Waals surface area (Å²) in [7, 11) is 0. The second-order valence-electron chi connectivity index (χ2n) is 7.32. The molecule has 1 aromatic carbocycles. The first kappa shape index (κ1) is 19.1. The molecule has 2 aliphatic heterocycles. The van der Waals surface area contributed by atoms with Gasteiger partial charge in [0.1, 0.15) is 0 Å². The van der Waals surface area contributed by atoms with E-state index in [1.165, 1.54) is 0 Å². The van der Waals surface area contributed by atoms with Gasteiger partial charge in [0.15, 0.2) is 5.96 Å². The molecule has 0 aromatic heterocycles. The molecule has 3 rings (SSSR count). The third kappa shape index (κ3) is 5.19. The minimum absolute atomic E-state index is 0.287. The Morgan fingerprint density at radius 3 is 2.96 bits per heavy atom. The van der Waals surface area contributed by atoms with E-state index in [1.807, 2.05) is 30.3 Å². The summed E-state index contributed by atoms with van der Waals surface area (Å²) < 4.78 is 11.2. The summed E-state index contributed by atoms with van der Waals surface area (Å²) in [5, 5.41) is 13.5. The first-order valence-electron chi connectivity index (χ1n) is 9.61. The quantitative estimate of drug-likeness (QED) is 0.571. The van der Waals surface area contributed by atoms with Gasteiger partial charge in [0, 0.05) is 31.7 Å². The molecule has 6 nitrogen and oxygen atoms in total. The molecule has 1 aromatic rings. The second kappa shape index (κ2) is 9.35. The van der Waals surface area contributed by atoms with Crippen molar-refractivity contribution in [1.82, 2.24) is 10.2 Å². The second-order valence-corrected chi connectivity index (χ2v) is 7.32. The molecule has 26 heavy (non-hydrogen) atoms. The Balaban J connectivity index is 1.46. The summed E-state index contributed by atoms with van der Waals surface area (Å²) >= 11 is 0. The lowest BCUT2D eigenvalue weighted by molar-refractivity contribution is 0.0330. The number of hydrogen-bond acceptors (Lipinski definition) is 4. The number of nitrogens with zero attached hydrogens (tertiary/aromatic N) is 2. The van der Waals surface area contributed by atoms with Crippen molar-refractivity contribution in [3.63, 3.8) is 0 Å². The first-order valence-corrected chi connectivity index (χ1v) is 9.61. The van der Waals surface area contributed by atoms with Gasteiger partial charge in [0.05, 0.1) is 32.5 Å². The van der Waals surface area contributed by atoms with Crippen molar-refractivity contribution in [2.45, 2.75) is 32.5 Å². The van der Waals surface area contributed by atoms with E-state index in [4.69, 9.17) is 9.47 Å². The Morgan fingerprint density at radius 1 is 1.38 bits per heavy atom.